The minimum absolute atomic E-state index is 0.812. The first kappa shape index (κ1) is 12.6. The lowest BCUT2D eigenvalue weighted by molar-refractivity contribution is 0.416. The third-order valence-corrected chi connectivity index (χ3v) is 2.99. The summed E-state index contributed by atoms with van der Waals surface area (Å²) in [5, 5.41) is 10.8. The summed E-state index contributed by atoms with van der Waals surface area (Å²) in [5.41, 5.74) is 4.28. The first-order valence-electron chi connectivity index (χ1n) is 6.15. The van der Waals surface area contributed by atoms with Gasteiger partial charge in [0.1, 0.15) is 11.4 Å². The average molecular weight is 245 g/mol. The van der Waals surface area contributed by atoms with Crippen LogP contribution in [0.25, 0.3) is 11.3 Å². The van der Waals surface area contributed by atoms with E-state index in [9.17, 15) is 0 Å². The molecule has 0 radical (unpaired) electrons. The summed E-state index contributed by atoms with van der Waals surface area (Å²) in [4.78, 5) is 0. The summed E-state index contributed by atoms with van der Waals surface area (Å²) < 4.78 is 5.39. The summed E-state index contributed by atoms with van der Waals surface area (Å²) in [6.07, 6.45) is 0. The van der Waals surface area contributed by atoms with Crippen LogP contribution < -0.4 is 10.1 Å². The van der Waals surface area contributed by atoms with Gasteiger partial charge in [0, 0.05) is 23.4 Å². The number of aryl methyl sites for hydroxylation is 1. The van der Waals surface area contributed by atoms with Crippen LogP contribution in [0.3, 0.4) is 0 Å². The van der Waals surface area contributed by atoms with Crippen molar-refractivity contribution in [1.29, 1.82) is 0 Å². The molecular weight excluding hydrogens is 226 g/mol. The molecule has 0 aliphatic heterocycles. The first-order chi connectivity index (χ1) is 8.77. The van der Waals surface area contributed by atoms with Crippen LogP contribution in [-0.4, -0.2) is 23.9 Å². The highest BCUT2D eigenvalue weighted by molar-refractivity contribution is 5.70. The molecule has 0 aliphatic carbocycles. The Morgan fingerprint density at radius 3 is 2.83 bits per heavy atom. The van der Waals surface area contributed by atoms with Gasteiger partial charge in [-0.15, -0.1) is 0 Å². The van der Waals surface area contributed by atoms with Gasteiger partial charge in [-0.2, -0.15) is 5.10 Å². The molecule has 2 N–H and O–H groups in total. The minimum atomic E-state index is 0.812. The summed E-state index contributed by atoms with van der Waals surface area (Å²) in [6, 6.07) is 7.95. The van der Waals surface area contributed by atoms with Crippen molar-refractivity contribution in [2.45, 2.75) is 20.4 Å². The molecule has 1 aromatic heterocycles. The van der Waals surface area contributed by atoms with Gasteiger partial charge in [0.25, 0.3) is 0 Å². The van der Waals surface area contributed by atoms with Crippen molar-refractivity contribution in [3.63, 3.8) is 0 Å². The van der Waals surface area contributed by atoms with Gasteiger partial charge in [0.15, 0.2) is 0 Å². The maximum atomic E-state index is 5.39. The lowest BCUT2D eigenvalue weighted by Gasteiger charge is -2.08. The lowest BCUT2D eigenvalue weighted by atomic mass is 10.1. The van der Waals surface area contributed by atoms with E-state index in [1.165, 1.54) is 5.56 Å². The van der Waals surface area contributed by atoms with Gasteiger partial charge in [0.05, 0.1) is 7.11 Å². The zero-order valence-corrected chi connectivity index (χ0v) is 11.1. The quantitative estimate of drug-likeness (QED) is 0.851. The van der Waals surface area contributed by atoms with Crippen molar-refractivity contribution in [2.75, 3.05) is 13.7 Å². The van der Waals surface area contributed by atoms with E-state index in [2.05, 4.69) is 22.4 Å². The van der Waals surface area contributed by atoms with Crippen LogP contribution in [0.1, 0.15) is 18.2 Å². The second-order valence-electron chi connectivity index (χ2n) is 4.16. The number of aromatic amines is 1. The lowest BCUT2D eigenvalue weighted by Crippen LogP contribution is -2.12. The molecule has 0 saturated heterocycles. The summed E-state index contributed by atoms with van der Waals surface area (Å²) >= 11 is 0. The minimum Gasteiger partial charge on any atom is -0.496 e. The number of hydrogen-bond acceptors (Lipinski definition) is 3. The highest BCUT2D eigenvalue weighted by Gasteiger charge is 2.14. The van der Waals surface area contributed by atoms with Gasteiger partial charge in [-0.05, 0) is 25.6 Å². The molecule has 4 nitrogen and oxygen atoms in total. The Labute approximate surface area is 107 Å². The number of H-pyrrole nitrogens is 1. The Kier molecular flexibility index (Phi) is 3.99. The van der Waals surface area contributed by atoms with Gasteiger partial charge < -0.3 is 10.1 Å². The predicted octanol–water partition coefficient (Wildman–Crippen LogP) is 2.50. The molecule has 0 bridgehead atoms. The van der Waals surface area contributed by atoms with Crippen molar-refractivity contribution in [3.8, 4) is 17.0 Å². The predicted molar refractivity (Wildman–Crippen MR) is 72.7 cm³/mol. The smallest absolute Gasteiger partial charge is 0.128 e. The molecule has 1 aromatic carbocycles. The van der Waals surface area contributed by atoms with E-state index >= 15 is 0 Å². The number of para-hydroxylation sites is 1. The SMILES string of the molecule is CCNCc1c(-c2ccccc2OC)n[nH]c1C. The fourth-order valence-electron chi connectivity index (χ4n) is 1.98. The molecule has 96 valence electrons. The van der Waals surface area contributed by atoms with E-state index < -0.39 is 0 Å². The molecular formula is C14H19N3O. The Balaban J connectivity index is 2.43. The number of rotatable bonds is 5. The topological polar surface area (TPSA) is 49.9 Å². The van der Waals surface area contributed by atoms with Crippen LogP contribution in [0.4, 0.5) is 0 Å². The second-order valence-corrected chi connectivity index (χ2v) is 4.16. The van der Waals surface area contributed by atoms with Crippen molar-refractivity contribution in [2.24, 2.45) is 0 Å². The molecule has 4 heteroatoms. The standard InChI is InChI=1S/C14H19N3O/c1-4-15-9-12-10(2)16-17-14(12)11-7-5-6-8-13(11)18-3/h5-8,15H,4,9H2,1-3H3,(H,16,17). The maximum absolute atomic E-state index is 5.39. The molecule has 0 fully saturated rings. The van der Waals surface area contributed by atoms with Crippen LogP contribution >= 0.6 is 0 Å². The Morgan fingerprint density at radius 1 is 1.33 bits per heavy atom. The number of methoxy groups -OCH3 is 1. The fraction of sp³-hybridized carbons (Fsp3) is 0.357. The molecule has 1 heterocycles. The van der Waals surface area contributed by atoms with Crippen LogP contribution in [0, 0.1) is 6.92 Å². The van der Waals surface area contributed by atoms with E-state index in [1.54, 1.807) is 7.11 Å². The Hall–Kier alpha value is -1.81. The third kappa shape index (κ3) is 2.38. The van der Waals surface area contributed by atoms with Gasteiger partial charge in [-0.3, -0.25) is 5.10 Å². The molecule has 0 unspecified atom stereocenters. The molecule has 2 aromatic rings. The number of nitrogens with zero attached hydrogens (tertiary/aromatic N) is 1. The highest BCUT2D eigenvalue weighted by Crippen LogP contribution is 2.31. The maximum Gasteiger partial charge on any atom is 0.128 e. The fourth-order valence-corrected chi connectivity index (χ4v) is 1.98. The van der Waals surface area contributed by atoms with E-state index in [1.807, 2.05) is 31.2 Å². The van der Waals surface area contributed by atoms with Gasteiger partial charge >= 0.3 is 0 Å². The third-order valence-electron chi connectivity index (χ3n) is 2.99. The average Bonchev–Trinajstić information content (AvgIpc) is 2.77. The molecule has 0 aliphatic rings. The van der Waals surface area contributed by atoms with Gasteiger partial charge in [-0.1, -0.05) is 19.1 Å². The number of nitrogens with one attached hydrogen (secondary N) is 2. The van der Waals surface area contributed by atoms with Crippen LogP contribution in [-0.2, 0) is 6.54 Å². The Morgan fingerprint density at radius 2 is 2.11 bits per heavy atom. The molecule has 18 heavy (non-hydrogen) atoms. The molecule has 0 atom stereocenters. The first-order valence-corrected chi connectivity index (χ1v) is 6.15. The van der Waals surface area contributed by atoms with E-state index in [-0.39, 0.29) is 0 Å². The monoisotopic (exact) mass is 245 g/mol. The molecule has 0 spiro atoms. The summed E-state index contributed by atoms with van der Waals surface area (Å²) in [6.45, 7) is 5.89. The highest BCUT2D eigenvalue weighted by atomic mass is 16.5. The van der Waals surface area contributed by atoms with E-state index in [0.717, 1.165) is 35.8 Å². The van der Waals surface area contributed by atoms with Crippen molar-refractivity contribution >= 4 is 0 Å². The Bertz CT molecular complexity index is 520. The number of ether oxygens (including phenoxy) is 1. The molecule has 2 rings (SSSR count). The van der Waals surface area contributed by atoms with E-state index in [0.29, 0.717) is 0 Å². The molecule has 0 amide bonds. The van der Waals surface area contributed by atoms with Crippen LogP contribution in [0.15, 0.2) is 24.3 Å². The van der Waals surface area contributed by atoms with Gasteiger partial charge in [-0.25, -0.2) is 0 Å². The summed E-state index contributed by atoms with van der Waals surface area (Å²) in [7, 11) is 1.68. The molecule has 0 saturated carbocycles. The van der Waals surface area contributed by atoms with Crippen LogP contribution in [0.2, 0.25) is 0 Å². The van der Waals surface area contributed by atoms with Crippen LogP contribution in [0.5, 0.6) is 5.75 Å². The van der Waals surface area contributed by atoms with Gasteiger partial charge in [0.2, 0.25) is 0 Å². The zero-order chi connectivity index (χ0) is 13.0. The van der Waals surface area contributed by atoms with Crippen molar-refractivity contribution in [3.05, 3.63) is 35.5 Å². The second kappa shape index (κ2) is 5.69. The van der Waals surface area contributed by atoms with Crippen molar-refractivity contribution < 1.29 is 4.74 Å². The number of benzene rings is 1. The zero-order valence-electron chi connectivity index (χ0n) is 11.1. The van der Waals surface area contributed by atoms with E-state index in [4.69, 9.17) is 4.74 Å². The normalized spacial score (nSPS) is 10.6. The van der Waals surface area contributed by atoms with Crippen molar-refractivity contribution in [1.82, 2.24) is 15.5 Å². The largest absolute Gasteiger partial charge is 0.496 e. The number of hydrogen-bond donors (Lipinski definition) is 2. The summed E-state index contributed by atoms with van der Waals surface area (Å²) in [5.74, 6) is 0.849. The number of aromatic nitrogens is 2.